The number of nitrogens with zero attached hydrogens (tertiary/aromatic N) is 1. The van der Waals surface area contributed by atoms with Gasteiger partial charge < -0.3 is 15.0 Å². The minimum absolute atomic E-state index is 0.838. The van der Waals surface area contributed by atoms with Gasteiger partial charge in [-0.2, -0.15) is 0 Å². The Balaban J connectivity index is 1.88. The van der Waals surface area contributed by atoms with Crippen LogP contribution < -0.4 is 15.0 Å². The minimum Gasteiger partial charge on any atom is -0.493 e. The van der Waals surface area contributed by atoms with E-state index in [1.807, 2.05) is 7.05 Å². The second-order valence-corrected chi connectivity index (χ2v) is 4.62. The highest BCUT2D eigenvalue weighted by Gasteiger charge is 2.13. The van der Waals surface area contributed by atoms with Crippen LogP contribution in [0.1, 0.15) is 18.4 Å². The van der Waals surface area contributed by atoms with Gasteiger partial charge in [-0.15, -0.1) is 0 Å². The van der Waals surface area contributed by atoms with Crippen LogP contribution in [0.25, 0.3) is 0 Å². The van der Waals surface area contributed by atoms with Crippen molar-refractivity contribution in [2.45, 2.75) is 19.3 Å². The molecule has 1 aliphatic heterocycles. The van der Waals surface area contributed by atoms with Crippen LogP contribution in [0.5, 0.6) is 5.75 Å². The number of anilines is 1. The van der Waals surface area contributed by atoms with Gasteiger partial charge in [0.05, 0.1) is 6.61 Å². The van der Waals surface area contributed by atoms with Gasteiger partial charge >= 0.3 is 0 Å². The molecule has 17 heavy (non-hydrogen) atoms. The number of rotatable bonds is 6. The number of ether oxygens (including phenoxy) is 1. The van der Waals surface area contributed by atoms with Crippen molar-refractivity contribution in [2.24, 2.45) is 0 Å². The van der Waals surface area contributed by atoms with Crippen LogP contribution >= 0.6 is 0 Å². The molecule has 0 amide bonds. The van der Waals surface area contributed by atoms with Crippen LogP contribution in [-0.4, -0.2) is 33.8 Å². The van der Waals surface area contributed by atoms with Crippen molar-refractivity contribution in [3.8, 4) is 5.75 Å². The fourth-order valence-electron chi connectivity index (χ4n) is 2.19. The molecular formula is C14H22N2O. The summed E-state index contributed by atoms with van der Waals surface area (Å²) in [4.78, 5) is 2.33. The van der Waals surface area contributed by atoms with Gasteiger partial charge in [-0.3, -0.25) is 0 Å². The van der Waals surface area contributed by atoms with E-state index in [1.54, 1.807) is 0 Å². The van der Waals surface area contributed by atoms with Gasteiger partial charge in [0.25, 0.3) is 0 Å². The number of hydrogen-bond donors (Lipinski definition) is 1. The highest BCUT2D eigenvalue weighted by molar-refractivity contribution is 5.53. The van der Waals surface area contributed by atoms with Gasteiger partial charge in [-0.25, -0.2) is 0 Å². The SMILES string of the molecule is CNCCCCN(C)c1ccc2c(c1)CCO2. The molecule has 0 fully saturated rings. The molecule has 0 bridgehead atoms. The highest BCUT2D eigenvalue weighted by Crippen LogP contribution is 2.29. The molecule has 0 spiro atoms. The molecule has 0 aliphatic carbocycles. The van der Waals surface area contributed by atoms with Gasteiger partial charge in [0.15, 0.2) is 0 Å². The van der Waals surface area contributed by atoms with Crippen molar-refractivity contribution in [1.29, 1.82) is 0 Å². The summed E-state index contributed by atoms with van der Waals surface area (Å²) < 4.78 is 5.52. The molecule has 0 aromatic heterocycles. The standard InChI is InChI=1S/C14H22N2O/c1-15-8-3-4-9-16(2)13-5-6-14-12(11-13)7-10-17-14/h5-6,11,15H,3-4,7-10H2,1-2H3. The third kappa shape index (κ3) is 3.13. The maximum absolute atomic E-state index is 5.52. The summed E-state index contributed by atoms with van der Waals surface area (Å²) in [6.07, 6.45) is 3.51. The van der Waals surface area contributed by atoms with Crippen molar-refractivity contribution in [1.82, 2.24) is 5.32 Å². The second kappa shape index (κ2) is 5.92. The minimum atomic E-state index is 0.838. The summed E-state index contributed by atoms with van der Waals surface area (Å²) in [6.45, 7) is 3.05. The summed E-state index contributed by atoms with van der Waals surface area (Å²) in [5, 5.41) is 3.18. The zero-order valence-corrected chi connectivity index (χ0v) is 10.8. The Morgan fingerprint density at radius 1 is 1.35 bits per heavy atom. The van der Waals surface area contributed by atoms with E-state index in [4.69, 9.17) is 4.74 Å². The van der Waals surface area contributed by atoms with E-state index in [2.05, 4.69) is 35.5 Å². The summed E-state index contributed by atoms with van der Waals surface area (Å²) in [5.74, 6) is 1.07. The summed E-state index contributed by atoms with van der Waals surface area (Å²) >= 11 is 0. The Morgan fingerprint density at radius 2 is 2.24 bits per heavy atom. The molecule has 0 atom stereocenters. The smallest absolute Gasteiger partial charge is 0.122 e. The maximum atomic E-state index is 5.52. The van der Waals surface area contributed by atoms with Crippen LogP contribution in [0.2, 0.25) is 0 Å². The fraction of sp³-hybridized carbons (Fsp3) is 0.571. The zero-order valence-electron chi connectivity index (χ0n) is 10.8. The first-order valence-electron chi connectivity index (χ1n) is 6.42. The fourth-order valence-corrected chi connectivity index (χ4v) is 2.19. The van der Waals surface area contributed by atoms with Crippen molar-refractivity contribution in [2.75, 3.05) is 38.7 Å². The highest BCUT2D eigenvalue weighted by atomic mass is 16.5. The van der Waals surface area contributed by atoms with Gasteiger partial charge in [0.2, 0.25) is 0 Å². The largest absolute Gasteiger partial charge is 0.493 e. The molecule has 1 aromatic rings. The number of fused-ring (bicyclic) bond motifs is 1. The van der Waals surface area contributed by atoms with Crippen molar-refractivity contribution in [3.05, 3.63) is 23.8 Å². The molecule has 3 nitrogen and oxygen atoms in total. The van der Waals surface area contributed by atoms with Crippen LogP contribution in [0.15, 0.2) is 18.2 Å². The van der Waals surface area contributed by atoms with Gasteiger partial charge in [-0.05, 0) is 50.2 Å². The summed E-state index contributed by atoms with van der Waals surface area (Å²) in [6, 6.07) is 6.52. The topological polar surface area (TPSA) is 24.5 Å². The molecule has 1 aliphatic rings. The normalized spacial score (nSPS) is 13.3. The molecule has 2 rings (SSSR count). The lowest BCUT2D eigenvalue weighted by atomic mass is 10.1. The Labute approximate surface area is 104 Å². The van der Waals surface area contributed by atoms with Gasteiger partial charge in [-0.1, -0.05) is 0 Å². The third-order valence-corrected chi connectivity index (χ3v) is 3.28. The molecular weight excluding hydrogens is 212 g/mol. The monoisotopic (exact) mass is 234 g/mol. The summed E-state index contributed by atoms with van der Waals surface area (Å²) in [7, 11) is 4.17. The van der Waals surface area contributed by atoms with Crippen LogP contribution in [0.3, 0.4) is 0 Å². The van der Waals surface area contributed by atoms with E-state index >= 15 is 0 Å². The number of nitrogens with one attached hydrogen (secondary N) is 1. The van der Waals surface area contributed by atoms with E-state index in [9.17, 15) is 0 Å². The zero-order chi connectivity index (χ0) is 12.1. The number of unbranched alkanes of at least 4 members (excludes halogenated alkanes) is 1. The van der Waals surface area contributed by atoms with Crippen LogP contribution in [0, 0.1) is 0 Å². The molecule has 1 aromatic carbocycles. The van der Waals surface area contributed by atoms with E-state index in [0.717, 1.165) is 31.9 Å². The Hall–Kier alpha value is -1.22. The Bertz CT molecular complexity index is 365. The molecule has 1 N–H and O–H groups in total. The van der Waals surface area contributed by atoms with Crippen molar-refractivity contribution in [3.63, 3.8) is 0 Å². The van der Waals surface area contributed by atoms with Crippen molar-refractivity contribution < 1.29 is 4.74 Å². The van der Waals surface area contributed by atoms with E-state index < -0.39 is 0 Å². The molecule has 0 unspecified atom stereocenters. The molecule has 94 valence electrons. The van der Waals surface area contributed by atoms with E-state index in [1.165, 1.54) is 24.1 Å². The predicted octanol–water partition coefficient (Wildman–Crippen LogP) is 2.06. The second-order valence-electron chi connectivity index (χ2n) is 4.62. The van der Waals surface area contributed by atoms with E-state index in [-0.39, 0.29) is 0 Å². The number of benzene rings is 1. The Morgan fingerprint density at radius 3 is 3.06 bits per heavy atom. The van der Waals surface area contributed by atoms with Crippen LogP contribution in [-0.2, 0) is 6.42 Å². The molecule has 3 heteroatoms. The lowest BCUT2D eigenvalue weighted by Crippen LogP contribution is -2.19. The average molecular weight is 234 g/mol. The first kappa shape index (κ1) is 12.2. The van der Waals surface area contributed by atoms with Gasteiger partial charge in [0, 0.05) is 25.7 Å². The number of hydrogen-bond acceptors (Lipinski definition) is 3. The third-order valence-electron chi connectivity index (χ3n) is 3.28. The summed E-state index contributed by atoms with van der Waals surface area (Å²) in [5.41, 5.74) is 2.66. The molecule has 1 heterocycles. The van der Waals surface area contributed by atoms with Gasteiger partial charge in [0.1, 0.15) is 5.75 Å². The molecule has 0 saturated carbocycles. The first-order chi connectivity index (χ1) is 8.31. The predicted molar refractivity (Wildman–Crippen MR) is 72.1 cm³/mol. The lowest BCUT2D eigenvalue weighted by molar-refractivity contribution is 0.357. The Kier molecular flexibility index (Phi) is 4.26. The quantitative estimate of drug-likeness (QED) is 0.763. The van der Waals surface area contributed by atoms with E-state index in [0.29, 0.717) is 0 Å². The molecule has 0 saturated heterocycles. The maximum Gasteiger partial charge on any atom is 0.122 e. The van der Waals surface area contributed by atoms with Crippen LogP contribution in [0.4, 0.5) is 5.69 Å². The first-order valence-corrected chi connectivity index (χ1v) is 6.42. The molecule has 0 radical (unpaired) electrons. The lowest BCUT2D eigenvalue weighted by Gasteiger charge is -2.19. The average Bonchev–Trinajstić information content (AvgIpc) is 2.81. The van der Waals surface area contributed by atoms with Crippen molar-refractivity contribution >= 4 is 5.69 Å².